The Bertz CT molecular complexity index is 948. The quantitative estimate of drug-likeness (QED) is 0.691. The molecule has 1 aliphatic rings. The highest BCUT2D eigenvalue weighted by atomic mass is 15.3. The van der Waals surface area contributed by atoms with Gasteiger partial charge in [0.25, 0.3) is 0 Å². The minimum atomic E-state index is 0.344. The van der Waals surface area contributed by atoms with Crippen molar-refractivity contribution in [2.75, 3.05) is 11.9 Å². The maximum atomic E-state index is 4.90. The Hall–Kier alpha value is -2.73. The summed E-state index contributed by atoms with van der Waals surface area (Å²) in [6.45, 7) is 9.15. The molecule has 0 aliphatic carbocycles. The van der Waals surface area contributed by atoms with E-state index < -0.39 is 0 Å². The average Bonchev–Trinajstić information content (AvgIpc) is 3.29. The monoisotopic (exact) mass is 376 g/mol. The van der Waals surface area contributed by atoms with Crippen LogP contribution in [-0.2, 0) is 13.1 Å². The number of aromatic nitrogens is 4. The average molecular weight is 377 g/mol. The predicted molar refractivity (Wildman–Crippen MR) is 112 cm³/mol. The highest BCUT2D eigenvalue weighted by Gasteiger charge is 2.28. The van der Waals surface area contributed by atoms with E-state index in [9.17, 15) is 0 Å². The molecule has 0 bridgehead atoms. The molecule has 0 spiro atoms. The maximum Gasteiger partial charge on any atom is 0.131 e. The lowest BCUT2D eigenvalue weighted by Crippen LogP contribution is -2.23. The summed E-state index contributed by atoms with van der Waals surface area (Å²) >= 11 is 0. The molecule has 3 aromatic heterocycles. The van der Waals surface area contributed by atoms with Gasteiger partial charge in [-0.2, -0.15) is 5.10 Å². The smallest absolute Gasteiger partial charge is 0.131 e. The summed E-state index contributed by atoms with van der Waals surface area (Å²) in [5, 5.41) is 7.93. The van der Waals surface area contributed by atoms with Crippen molar-refractivity contribution < 1.29 is 0 Å². The number of aryl methyl sites for hydroxylation is 3. The topological polar surface area (TPSA) is 58.9 Å². The zero-order valence-electron chi connectivity index (χ0n) is 16.9. The molecule has 1 aliphatic heterocycles. The Morgan fingerprint density at radius 3 is 2.61 bits per heavy atom. The van der Waals surface area contributed by atoms with Gasteiger partial charge >= 0.3 is 0 Å². The molecule has 4 heterocycles. The molecule has 6 heteroatoms. The fraction of sp³-hybridized carbons (Fsp3) is 0.409. The molecule has 1 atom stereocenters. The second-order valence-corrected chi connectivity index (χ2v) is 7.46. The van der Waals surface area contributed by atoms with E-state index in [4.69, 9.17) is 4.98 Å². The van der Waals surface area contributed by atoms with Gasteiger partial charge in [0.05, 0.1) is 17.4 Å². The Kier molecular flexibility index (Phi) is 5.39. The molecule has 28 heavy (non-hydrogen) atoms. The van der Waals surface area contributed by atoms with Gasteiger partial charge in [0.15, 0.2) is 0 Å². The largest absolute Gasteiger partial charge is 0.325 e. The van der Waals surface area contributed by atoms with Crippen LogP contribution in [-0.4, -0.2) is 31.2 Å². The fourth-order valence-electron chi connectivity index (χ4n) is 3.90. The van der Waals surface area contributed by atoms with Crippen LogP contribution in [0.1, 0.15) is 48.5 Å². The SMILES string of the molecule is CCn1cc(CN2CCC[C@@H]2c2cccc(Nc3cccc(C)n3)n2)c(C)n1. The van der Waals surface area contributed by atoms with Crippen LogP contribution in [0.2, 0.25) is 0 Å². The summed E-state index contributed by atoms with van der Waals surface area (Å²) in [4.78, 5) is 11.9. The van der Waals surface area contributed by atoms with Crippen molar-refractivity contribution in [3.8, 4) is 0 Å². The van der Waals surface area contributed by atoms with E-state index >= 15 is 0 Å². The van der Waals surface area contributed by atoms with Crippen molar-refractivity contribution in [1.82, 2.24) is 24.6 Å². The minimum Gasteiger partial charge on any atom is -0.325 e. The van der Waals surface area contributed by atoms with Crippen LogP contribution in [0.4, 0.5) is 11.6 Å². The van der Waals surface area contributed by atoms with Crippen molar-refractivity contribution >= 4 is 11.6 Å². The Morgan fingerprint density at radius 2 is 1.86 bits per heavy atom. The van der Waals surface area contributed by atoms with Gasteiger partial charge in [-0.3, -0.25) is 9.58 Å². The van der Waals surface area contributed by atoms with Gasteiger partial charge in [0.2, 0.25) is 0 Å². The summed E-state index contributed by atoms with van der Waals surface area (Å²) in [6.07, 6.45) is 4.52. The first-order valence-corrected chi connectivity index (χ1v) is 10.1. The van der Waals surface area contributed by atoms with E-state index in [1.165, 1.54) is 12.0 Å². The Morgan fingerprint density at radius 1 is 1.07 bits per heavy atom. The number of hydrogen-bond acceptors (Lipinski definition) is 5. The van der Waals surface area contributed by atoms with Crippen LogP contribution < -0.4 is 5.32 Å². The molecule has 1 N–H and O–H groups in total. The van der Waals surface area contributed by atoms with E-state index in [0.717, 1.165) is 54.8 Å². The highest BCUT2D eigenvalue weighted by Crippen LogP contribution is 2.33. The van der Waals surface area contributed by atoms with E-state index in [2.05, 4.69) is 52.5 Å². The van der Waals surface area contributed by atoms with Gasteiger partial charge < -0.3 is 5.32 Å². The first-order valence-electron chi connectivity index (χ1n) is 10.1. The molecule has 6 nitrogen and oxygen atoms in total. The molecule has 0 amide bonds. The van der Waals surface area contributed by atoms with E-state index in [1.807, 2.05) is 35.9 Å². The molecule has 4 rings (SSSR count). The molecule has 3 aromatic rings. The first-order chi connectivity index (χ1) is 13.6. The van der Waals surface area contributed by atoms with Crippen LogP contribution in [0.25, 0.3) is 0 Å². The number of hydrogen-bond donors (Lipinski definition) is 1. The fourth-order valence-corrected chi connectivity index (χ4v) is 3.90. The summed E-state index contributed by atoms with van der Waals surface area (Å²) < 4.78 is 2.02. The van der Waals surface area contributed by atoms with Crippen LogP contribution in [0.15, 0.2) is 42.6 Å². The Balaban J connectivity index is 1.51. The molecule has 146 valence electrons. The third-order valence-corrected chi connectivity index (χ3v) is 5.37. The lowest BCUT2D eigenvalue weighted by Gasteiger charge is -2.24. The van der Waals surface area contributed by atoms with Gasteiger partial charge in [0, 0.05) is 30.5 Å². The number of rotatable bonds is 6. The number of anilines is 2. The van der Waals surface area contributed by atoms with Crippen molar-refractivity contribution in [1.29, 1.82) is 0 Å². The van der Waals surface area contributed by atoms with E-state index in [0.29, 0.717) is 6.04 Å². The summed E-state index contributed by atoms with van der Waals surface area (Å²) in [5.74, 6) is 1.67. The lowest BCUT2D eigenvalue weighted by atomic mass is 10.1. The maximum absolute atomic E-state index is 4.90. The number of nitrogens with one attached hydrogen (secondary N) is 1. The number of nitrogens with zero attached hydrogens (tertiary/aromatic N) is 5. The molecular formula is C22H28N6. The van der Waals surface area contributed by atoms with Crippen molar-refractivity contribution in [2.45, 2.75) is 52.7 Å². The van der Waals surface area contributed by atoms with Crippen molar-refractivity contribution in [2.24, 2.45) is 0 Å². The molecule has 1 fully saturated rings. The second kappa shape index (κ2) is 8.10. The molecule has 0 radical (unpaired) electrons. The van der Waals surface area contributed by atoms with Gasteiger partial charge in [-0.05, 0) is 64.4 Å². The molecule has 0 saturated carbocycles. The number of likely N-dealkylation sites (tertiary alicyclic amines) is 1. The zero-order chi connectivity index (χ0) is 19.5. The molecule has 0 aromatic carbocycles. The van der Waals surface area contributed by atoms with Crippen molar-refractivity contribution in [3.63, 3.8) is 0 Å². The summed E-state index contributed by atoms with van der Waals surface area (Å²) in [5.41, 5.74) is 4.55. The number of pyridine rings is 2. The van der Waals surface area contributed by atoms with Crippen LogP contribution >= 0.6 is 0 Å². The van der Waals surface area contributed by atoms with Gasteiger partial charge in [-0.15, -0.1) is 0 Å². The molecule has 0 unspecified atom stereocenters. The predicted octanol–water partition coefficient (Wildman–Crippen LogP) is 4.39. The lowest BCUT2D eigenvalue weighted by molar-refractivity contribution is 0.244. The van der Waals surface area contributed by atoms with Crippen LogP contribution in [0.5, 0.6) is 0 Å². The summed E-state index contributed by atoms with van der Waals surface area (Å²) in [6, 6.07) is 12.5. The molecular weight excluding hydrogens is 348 g/mol. The highest BCUT2D eigenvalue weighted by molar-refractivity contribution is 5.51. The van der Waals surface area contributed by atoms with Gasteiger partial charge in [-0.25, -0.2) is 9.97 Å². The first kappa shape index (κ1) is 18.6. The third-order valence-electron chi connectivity index (χ3n) is 5.37. The normalized spacial score (nSPS) is 17.2. The van der Waals surface area contributed by atoms with Gasteiger partial charge in [-0.1, -0.05) is 12.1 Å². The Labute approximate surface area is 166 Å². The summed E-state index contributed by atoms with van der Waals surface area (Å²) in [7, 11) is 0. The zero-order valence-corrected chi connectivity index (χ0v) is 16.9. The minimum absolute atomic E-state index is 0.344. The van der Waals surface area contributed by atoms with E-state index in [-0.39, 0.29) is 0 Å². The second-order valence-electron chi connectivity index (χ2n) is 7.46. The van der Waals surface area contributed by atoms with Crippen molar-refractivity contribution in [3.05, 3.63) is 65.2 Å². The molecule has 1 saturated heterocycles. The van der Waals surface area contributed by atoms with Gasteiger partial charge in [0.1, 0.15) is 11.6 Å². The van der Waals surface area contributed by atoms with Crippen LogP contribution in [0.3, 0.4) is 0 Å². The van der Waals surface area contributed by atoms with E-state index in [1.54, 1.807) is 0 Å². The standard InChI is InChI=1S/C22H28N6/c1-4-28-15-18(17(3)26-28)14-27-13-7-10-20(27)19-9-6-12-22(24-19)25-21-11-5-8-16(2)23-21/h5-6,8-9,11-12,15,20H,4,7,10,13-14H2,1-3H3,(H,23,24,25)/t20-/m1/s1. The van der Waals surface area contributed by atoms with Crippen LogP contribution in [0, 0.1) is 13.8 Å². The third kappa shape index (κ3) is 4.07.